The van der Waals surface area contributed by atoms with Crippen LogP contribution in [0.3, 0.4) is 0 Å². The normalized spacial score (nSPS) is 11.7. The van der Waals surface area contributed by atoms with Gasteiger partial charge in [0.2, 0.25) is 0 Å². The maximum absolute atomic E-state index is 14.0. The number of alkyl halides is 1. The predicted octanol–water partition coefficient (Wildman–Crippen LogP) is 4.39. The van der Waals surface area contributed by atoms with Crippen LogP contribution in [0.25, 0.3) is 0 Å². The molecule has 0 bridgehead atoms. The summed E-state index contributed by atoms with van der Waals surface area (Å²) in [4.78, 5) is 13.0. The number of anilines is 1. The summed E-state index contributed by atoms with van der Waals surface area (Å²) in [7, 11) is 3.28. The fourth-order valence-corrected chi connectivity index (χ4v) is 2.28. The molecule has 1 atom stereocenters. The molecular weight excluding hydrogens is 331 g/mol. The van der Waals surface area contributed by atoms with Crippen LogP contribution in [-0.2, 0) is 6.42 Å². The van der Waals surface area contributed by atoms with Gasteiger partial charge in [0.15, 0.2) is 0 Å². The molecule has 0 heterocycles. The van der Waals surface area contributed by atoms with E-state index in [-0.39, 0.29) is 19.1 Å². The second-order valence-electron chi connectivity index (χ2n) is 5.57. The molecule has 1 N–H and O–H groups in total. The molecule has 2 aromatic carbocycles. The molecule has 0 fully saturated rings. The van der Waals surface area contributed by atoms with Gasteiger partial charge in [-0.05, 0) is 23.8 Å². The zero-order valence-electron chi connectivity index (χ0n) is 13.6. The first-order valence-electron chi connectivity index (χ1n) is 7.54. The Morgan fingerprint density at radius 1 is 1.25 bits per heavy atom. The quantitative estimate of drug-likeness (QED) is 0.839. The number of carbonyl (C=O) groups is 1. The van der Waals surface area contributed by atoms with E-state index in [0.717, 1.165) is 5.56 Å². The van der Waals surface area contributed by atoms with E-state index in [4.69, 9.17) is 16.3 Å². The average molecular weight is 351 g/mol. The Bertz CT molecular complexity index is 680. The molecule has 0 spiro atoms. The molecule has 128 valence electrons. The fourth-order valence-electron chi connectivity index (χ4n) is 2.04. The van der Waals surface area contributed by atoms with Gasteiger partial charge in [0.1, 0.15) is 18.5 Å². The average Bonchev–Trinajstić information content (AvgIpc) is 2.55. The third-order valence-electron chi connectivity index (χ3n) is 3.31. The maximum Gasteiger partial charge on any atom is 0.321 e. The van der Waals surface area contributed by atoms with Gasteiger partial charge in [-0.1, -0.05) is 41.9 Å². The number of ether oxygens (including phenoxy) is 1. The van der Waals surface area contributed by atoms with Crippen molar-refractivity contribution in [3.05, 3.63) is 59.1 Å². The van der Waals surface area contributed by atoms with Crippen LogP contribution in [-0.4, -0.2) is 37.8 Å². The molecule has 4 nitrogen and oxygen atoms in total. The number of hydrogen-bond acceptors (Lipinski definition) is 2. The molecule has 6 heteroatoms. The van der Waals surface area contributed by atoms with Gasteiger partial charge >= 0.3 is 6.03 Å². The molecule has 0 radical (unpaired) electrons. The van der Waals surface area contributed by atoms with Gasteiger partial charge < -0.3 is 15.0 Å². The molecule has 2 rings (SSSR count). The lowest BCUT2D eigenvalue weighted by Crippen LogP contribution is -2.27. The van der Waals surface area contributed by atoms with Gasteiger partial charge in [-0.15, -0.1) is 0 Å². The Labute approximate surface area is 146 Å². The summed E-state index contributed by atoms with van der Waals surface area (Å²) in [6.45, 7) is -0.0853. The van der Waals surface area contributed by atoms with Gasteiger partial charge in [0.05, 0.1) is 5.02 Å². The van der Waals surface area contributed by atoms with Crippen LogP contribution in [0, 0.1) is 0 Å². The summed E-state index contributed by atoms with van der Waals surface area (Å²) in [5.41, 5.74) is 1.47. The summed E-state index contributed by atoms with van der Waals surface area (Å²) < 4.78 is 19.5. The number of nitrogens with one attached hydrogen (secondary N) is 1. The van der Waals surface area contributed by atoms with Gasteiger partial charge in [0, 0.05) is 26.2 Å². The minimum atomic E-state index is -1.13. The Morgan fingerprint density at radius 3 is 2.58 bits per heavy atom. The van der Waals surface area contributed by atoms with Crippen LogP contribution in [0.4, 0.5) is 14.9 Å². The van der Waals surface area contributed by atoms with E-state index in [0.29, 0.717) is 16.5 Å². The number of nitrogens with zero attached hydrogens (tertiary/aromatic N) is 1. The van der Waals surface area contributed by atoms with E-state index >= 15 is 0 Å². The summed E-state index contributed by atoms with van der Waals surface area (Å²) in [5, 5.41) is 3.00. The van der Waals surface area contributed by atoms with Gasteiger partial charge in [0.25, 0.3) is 0 Å². The molecule has 0 aliphatic heterocycles. The molecule has 0 saturated heterocycles. The SMILES string of the molecule is CN(C)C(=O)Nc1ccc(OCC(F)Cc2ccccc2)c(Cl)c1. The molecule has 0 aromatic heterocycles. The smallest absolute Gasteiger partial charge is 0.321 e. The zero-order valence-corrected chi connectivity index (χ0v) is 14.4. The highest BCUT2D eigenvalue weighted by atomic mass is 35.5. The molecule has 0 saturated carbocycles. The number of benzene rings is 2. The van der Waals surface area contributed by atoms with Crippen molar-refractivity contribution >= 4 is 23.3 Å². The lowest BCUT2D eigenvalue weighted by Gasteiger charge is -2.14. The van der Waals surface area contributed by atoms with Gasteiger partial charge in [-0.3, -0.25) is 0 Å². The highest BCUT2D eigenvalue weighted by Gasteiger charge is 2.11. The summed E-state index contributed by atoms with van der Waals surface area (Å²) in [6, 6.07) is 14.0. The van der Waals surface area contributed by atoms with Crippen molar-refractivity contribution in [2.45, 2.75) is 12.6 Å². The zero-order chi connectivity index (χ0) is 17.5. The summed E-state index contributed by atoms with van der Waals surface area (Å²) in [6.07, 6.45) is -0.841. The first-order chi connectivity index (χ1) is 11.5. The molecule has 0 aliphatic rings. The van der Waals surface area contributed by atoms with E-state index in [1.807, 2.05) is 30.3 Å². The van der Waals surface area contributed by atoms with E-state index in [1.165, 1.54) is 4.90 Å². The summed E-state index contributed by atoms with van der Waals surface area (Å²) in [5.74, 6) is 0.384. The second-order valence-corrected chi connectivity index (χ2v) is 5.97. The molecule has 2 amide bonds. The number of rotatable bonds is 6. The summed E-state index contributed by atoms with van der Waals surface area (Å²) >= 11 is 6.12. The largest absolute Gasteiger partial charge is 0.489 e. The van der Waals surface area contributed by atoms with Gasteiger partial charge in [-0.2, -0.15) is 0 Å². The topological polar surface area (TPSA) is 41.6 Å². The molecule has 1 unspecified atom stereocenters. The highest BCUT2D eigenvalue weighted by Crippen LogP contribution is 2.28. The molecule has 24 heavy (non-hydrogen) atoms. The van der Waals surface area contributed by atoms with Crippen molar-refractivity contribution in [2.75, 3.05) is 26.0 Å². The molecule has 0 aliphatic carbocycles. The Kier molecular flexibility index (Phi) is 6.44. The van der Waals surface area contributed by atoms with Crippen molar-refractivity contribution in [3.8, 4) is 5.75 Å². The van der Waals surface area contributed by atoms with Gasteiger partial charge in [-0.25, -0.2) is 9.18 Å². The number of urea groups is 1. The first kappa shape index (κ1) is 18.1. The fraction of sp³-hybridized carbons (Fsp3) is 0.278. The Balaban J connectivity index is 1.89. The number of carbonyl (C=O) groups excluding carboxylic acids is 1. The van der Waals surface area contributed by atoms with Crippen molar-refractivity contribution < 1.29 is 13.9 Å². The standard InChI is InChI=1S/C18H20ClFN2O2/c1-22(2)18(23)21-15-8-9-17(16(19)11-15)24-12-14(20)10-13-6-4-3-5-7-13/h3-9,11,14H,10,12H2,1-2H3,(H,21,23). The third-order valence-corrected chi connectivity index (χ3v) is 3.60. The first-order valence-corrected chi connectivity index (χ1v) is 7.92. The van der Waals surface area contributed by atoms with Crippen LogP contribution >= 0.6 is 11.6 Å². The van der Waals surface area contributed by atoms with Crippen molar-refractivity contribution in [2.24, 2.45) is 0 Å². The van der Waals surface area contributed by atoms with E-state index < -0.39 is 6.17 Å². The van der Waals surface area contributed by atoms with Crippen LogP contribution in [0.2, 0.25) is 5.02 Å². The van der Waals surface area contributed by atoms with Crippen LogP contribution in [0.1, 0.15) is 5.56 Å². The number of amides is 2. The second kappa shape index (κ2) is 8.55. The van der Waals surface area contributed by atoms with E-state index in [2.05, 4.69) is 5.32 Å². The molecular formula is C18H20ClFN2O2. The number of halogens is 2. The van der Waals surface area contributed by atoms with Crippen molar-refractivity contribution in [3.63, 3.8) is 0 Å². The van der Waals surface area contributed by atoms with Crippen LogP contribution in [0.5, 0.6) is 5.75 Å². The molecule has 2 aromatic rings. The Morgan fingerprint density at radius 2 is 1.96 bits per heavy atom. The van der Waals surface area contributed by atoms with Crippen molar-refractivity contribution in [1.82, 2.24) is 4.90 Å². The lowest BCUT2D eigenvalue weighted by molar-refractivity contribution is 0.195. The van der Waals surface area contributed by atoms with Crippen LogP contribution < -0.4 is 10.1 Å². The highest BCUT2D eigenvalue weighted by molar-refractivity contribution is 6.32. The minimum Gasteiger partial charge on any atom is -0.489 e. The van der Waals surface area contributed by atoms with E-state index in [9.17, 15) is 9.18 Å². The minimum absolute atomic E-state index is 0.0853. The van der Waals surface area contributed by atoms with Crippen LogP contribution in [0.15, 0.2) is 48.5 Å². The lowest BCUT2D eigenvalue weighted by atomic mass is 10.1. The van der Waals surface area contributed by atoms with Crippen molar-refractivity contribution in [1.29, 1.82) is 0 Å². The maximum atomic E-state index is 14.0. The predicted molar refractivity (Wildman–Crippen MR) is 94.7 cm³/mol. The Hall–Kier alpha value is -2.27. The third kappa shape index (κ3) is 5.42. The monoisotopic (exact) mass is 350 g/mol. The van der Waals surface area contributed by atoms with E-state index in [1.54, 1.807) is 32.3 Å². The number of hydrogen-bond donors (Lipinski definition) is 1.